The Morgan fingerprint density at radius 3 is 2.38 bits per heavy atom. The van der Waals surface area contributed by atoms with Crippen molar-refractivity contribution in [3.8, 4) is 5.88 Å². The smallest absolute Gasteiger partial charge is 0.388 e. The summed E-state index contributed by atoms with van der Waals surface area (Å²) in [6.45, 7) is -3.10. The van der Waals surface area contributed by atoms with E-state index >= 15 is 0 Å². The van der Waals surface area contributed by atoms with Crippen molar-refractivity contribution in [2.24, 2.45) is 0 Å². The number of rotatable bonds is 3. The molecule has 0 bridgehead atoms. The maximum absolute atomic E-state index is 11.9. The van der Waals surface area contributed by atoms with Gasteiger partial charge in [0, 0.05) is 0 Å². The highest BCUT2D eigenvalue weighted by atomic mass is 19.3. The van der Waals surface area contributed by atoms with Crippen molar-refractivity contribution < 1.29 is 22.3 Å². The van der Waals surface area contributed by atoms with Crippen LogP contribution in [0.2, 0.25) is 0 Å². The summed E-state index contributed by atoms with van der Waals surface area (Å²) in [5.41, 5.74) is -0.696. The molecule has 0 aliphatic rings. The lowest BCUT2D eigenvalue weighted by molar-refractivity contribution is -0.0535. The zero-order valence-corrected chi connectivity index (χ0v) is 6.12. The van der Waals surface area contributed by atoms with Crippen LogP contribution in [-0.2, 0) is 0 Å². The first-order valence-corrected chi connectivity index (χ1v) is 3.14. The fourth-order valence-corrected chi connectivity index (χ4v) is 0.616. The Morgan fingerprint density at radius 1 is 1.15 bits per heavy atom. The second kappa shape index (κ2) is 4.01. The first-order chi connectivity index (χ1) is 6.09. The third-order valence-corrected chi connectivity index (χ3v) is 1.06. The van der Waals surface area contributed by atoms with Gasteiger partial charge < -0.3 is 4.74 Å². The van der Waals surface area contributed by atoms with E-state index in [9.17, 15) is 17.6 Å². The van der Waals surface area contributed by atoms with Crippen LogP contribution in [0.15, 0.2) is 12.4 Å². The van der Waals surface area contributed by atoms with E-state index in [0.29, 0.717) is 0 Å². The highest BCUT2D eigenvalue weighted by Crippen LogP contribution is 2.18. The molecule has 0 aromatic carbocycles. The molecule has 0 aliphatic carbocycles. The van der Waals surface area contributed by atoms with Gasteiger partial charge in [0.15, 0.2) is 0 Å². The van der Waals surface area contributed by atoms with Crippen LogP contribution in [0.4, 0.5) is 17.6 Å². The Morgan fingerprint density at radius 2 is 1.85 bits per heavy atom. The predicted octanol–water partition coefficient (Wildman–Crippen LogP) is 2.02. The Labute approximate surface area is 70.4 Å². The van der Waals surface area contributed by atoms with Gasteiger partial charge in [-0.2, -0.15) is 8.78 Å². The molecule has 1 heterocycles. The lowest BCUT2D eigenvalue weighted by atomic mass is 10.5. The summed E-state index contributed by atoms with van der Waals surface area (Å²) in [7, 11) is 0. The van der Waals surface area contributed by atoms with Crippen molar-refractivity contribution in [3.63, 3.8) is 0 Å². The molecule has 0 amide bonds. The number of hydrogen-bond donors (Lipinski definition) is 0. The topological polar surface area (TPSA) is 35.0 Å². The molecular weight excluding hydrogens is 192 g/mol. The molecule has 0 unspecified atom stereocenters. The highest BCUT2D eigenvalue weighted by Gasteiger charge is 2.12. The number of hydrogen-bond acceptors (Lipinski definition) is 3. The van der Waals surface area contributed by atoms with Gasteiger partial charge in [0.25, 0.3) is 6.43 Å². The third kappa shape index (κ3) is 2.85. The van der Waals surface area contributed by atoms with Gasteiger partial charge in [-0.05, 0) is 0 Å². The maximum Gasteiger partial charge on any atom is 0.388 e. The van der Waals surface area contributed by atoms with E-state index in [1.54, 1.807) is 0 Å². The Balaban J connectivity index is 2.79. The zero-order chi connectivity index (χ0) is 9.84. The van der Waals surface area contributed by atoms with Crippen molar-refractivity contribution in [1.82, 2.24) is 9.97 Å². The first-order valence-electron chi connectivity index (χ1n) is 3.14. The summed E-state index contributed by atoms with van der Waals surface area (Å²) in [5, 5.41) is 0. The molecule has 7 heteroatoms. The summed E-state index contributed by atoms with van der Waals surface area (Å²) >= 11 is 0. The second-order valence-electron chi connectivity index (χ2n) is 1.96. The van der Waals surface area contributed by atoms with Crippen molar-refractivity contribution in [3.05, 3.63) is 18.1 Å². The number of nitrogens with zero attached hydrogens (tertiary/aromatic N) is 2. The van der Waals surface area contributed by atoms with Gasteiger partial charge in [0.2, 0.25) is 5.88 Å². The van der Waals surface area contributed by atoms with Crippen LogP contribution in [0, 0.1) is 0 Å². The van der Waals surface area contributed by atoms with Crippen molar-refractivity contribution >= 4 is 0 Å². The summed E-state index contributed by atoms with van der Waals surface area (Å²) in [6.07, 6.45) is -1.24. The van der Waals surface area contributed by atoms with E-state index in [0.717, 1.165) is 12.4 Å². The average Bonchev–Trinajstić information content (AvgIpc) is 2.03. The quantitative estimate of drug-likeness (QED) is 0.693. The second-order valence-corrected chi connectivity index (χ2v) is 1.96. The van der Waals surface area contributed by atoms with Crippen LogP contribution in [-0.4, -0.2) is 16.6 Å². The summed E-state index contributed by atoms with van der Waals surface area (Å²) in [6, 6.07) is 0. The number of alkyl halides is 4. The summed E-state index contributed by atoms with van der Waals surface area (Å²) < 4.78 is 50.8. The lowest BCUT2D eigenvalue weighted by Crippen LogP contribution is -2.05. The van der Waals surface area contributed by atoms with Gasteiger partial charge in [-0.25, -0.2) is 13.8 Å². The van der Waals surface area contributed by atoms with Crippen LogP contribution in [0.3, 0.4) is 0 Å². The molecule has 0 atom stereocenters. The predicted molar refractivity (Wildman–Crippen MR) is 33.6 cm³/mol. The maximum atomic E-state index is 11.9. The van der Waals surface area contributed by atoms with Gasteiger partial charge in [0.05, 0.1) is 12.4 Å². The number of halogens is 4. The summed E-state index contributed by atoms with van der Waals surface area (Å²) in [4.78, 5) is 6.36. The van der Waals surface area contributed by atoms with Gasteiger partial charge in [0.1, 0.15) is 5.69 Å². The monoisotopic (exact) mass is 196 g/mol. The SMILES string of the molecule is FC(F)Oc1cncc(C(F)F)n1. The van der Waals surface area contributed by atoms with E-state index < -0.39 is 24.6 Å². The normalized spacial score (nSPS) is 10.9. The summed E-state index contributed by atoms with van der Waals surface area (Å²) in [5.74, 6) is -0.618. The fraction of sp³-hybridized carbons (Fsp3) is 0.333. The van der Waals surface area contributed by atoms with Crippen molar-refractivity contribution in [2.45, 2.75) is 13.0 Å². The van der Waals surface area contributed by atoms with Gasteiger partial charge in [-0.15, -0.1) is 0 Å². The van der Waals surface area contributed by atoms with Crippen molar-refractivity contribution in [1.29, 1.82) is 0 Å². The van der Waals surface area contributed by atoms with Crippen LogP contribution in [0.5, 0.6) is 5.88 Å². The molecule has 0 saturated heterocycles. The standard InChI is InChI=1S/C6H4F4N2O/c7-5(8)3-1-11-2-4(12-3)13-6(9)10/h1-2,5-6H. The van der Waals surface area contributed by atoms with E-state index in [-0.39, 0.29) is 0 Å². The Bertz CT molecular complexity index is 281. The molecule has 1 aromatic heterocycles. The molecule has 0 radical (unpaired) electrons. The van der Waals surface area contributed by atoms with E-state index in [4.69, 9.17) is 0 Å². The van der Waals surface area contributed by atoms with Crippen LogP contribution in [0.1, 0.15) is 12.1 Å². The molecule has 0 spiro atoms. The number of aromatic nitrogens is 2. The molecular formula is C6H4F4N2O. The van der Waals surface area contributed by atoms with E-state index in [2.05, 4.69) is 14.7 Å². The third-order valence-electron chi connectivity index (χ3n) is 1.06. The first kappa shape index (κ1) is 9.69. The molecule has 1 aromatic rings. The molecule has 0 saturated carbocycles. The highest BCUT2D eigenvalue weighted by molar-refractivity contribution is 5.08. The molecule has 0 aliphatic heterocycles. The van der Waals surface area contributed by atoms with Gasteiger partial charge in [-0.1, -0.05) is 0 Å². The Kier molecular flexibility index (Phi) is 2.99. The van der Waals surface area contributed by atoms with Gasteiger partial charge >= 0.3 is 6.61 Å². The minimum Gasteiger partial charge on any atom is -0.415 e. The molecule has 3 nitrogen and oxygen atoms in total. The van der Waals surface area contributed by atoms with Gasteiger partial charge in [-0.3, -0.25) is 4.98 Å². The number of ether oxygens (including phenoxy) is 1. The molecule has 1 rings (SSSR count). The molecule has 0 fully saturated rings. The lowest BCUT2D eigenvalue weighted by Gasteiger charge is -2.03. The molecule has 13 heavy (non-hydrogen) atoms. The zero-order valence-electron chi connectivity index (χ0n) is 6.12. The fourth-order valence-electron chi connectivity index (χ4n) is 0.616. The van der Waals surface area contributed by atoms with Crippen LogP contribution >= 0.6 is 0 Å². The largest absolute Gasteiger partial charge is 0.415 e. The van der Waals surface area contributed by atoms with Crippen LogP contribution < -0.4 is 4.74 Å². The van der Waals surface area contributed by atoms with Crippen molar-refractivity contribution in [2.75, 3.05) is 0 Å². The minimum atomic E-state index is -3.10. The van der Waals surface area contributed by atoms with E-state index in [1.807, 2.05) is 0 Å². The molecule has 72 valence electrons. The average molecular weight is 196 g/mol. The minimum absolute atomic E-state index is 0.618. The van der Waals surface area contributed by atoms with Crippen LogP contribution in [0.25, 0.3) is 0 Å². The Hall–Kier alpha value is -1.40. The van der Waals surface area contributed by atoms with E-state index in [1.165, 1.54) is 0 Å². The molecule has 0 N–H and O–H groups in total.